The Labute approximate surface area is 99.0 Å². The Morgan fingerprint density at radius 2 is 2.38 bits per heavy atom. The molecule has 0 radical (unpaired) electrons. The number of nitrogens with one attached hydrogen (secondary N) is 1. The van der Waals surface area contributed by atoms with Gasteiger partial charge in [-0.1, -0.05) is 13.8 Å². The van der Waals surface area contributed by atoms with Gasteiger partial charge in [0.25, 0.3) is 0 Å². The number of carbonyl (C=O) groups is 1. The zero-order valence-electron chi connectivity index (χ0n) is 9.69. The van der Waals surface area contributed by atoms with Gasteiger partial charge >= 0.3 is 6.09 Å². The van der Waals surface area contributed by atoms with Gasteiger partial charge in [0.15, 0.2) is 5.13 Å². The second-order valence-electron chi connectivity index (χ2n) is 3.70. The van der Waals surface area contributed by atoms with Crippen molar-refractivity contribution in [2.24, 2.45) is 5.92 Å². The van der Waals surface area contributed by atoms with E-state index >= 15 is 0 Å². The van der Waals surface area contributed by atoms with Gasteiger partial charge in [-0.3, -0.25) is 0 Å². The van der Waals surface area contributed by atoms with Crippen molar-refractivity contribution in [3.63, 3.8) is 0 Å². The van der Waals surface area contributed by atoms with Crippen LogP contribution in [0.1, 0.15) is 32.5 Å². The molecule has 5 nitrogen and oxygen atoms in total. The van der Waals surface area contributed by atoms with Crippen molar-refractivity contribution in [2.75, 3.05) is 12.3 Å². The van der Waals surface area contributed by atoms with Crippen LogP contribution < -0.4 is 11.1 Å². The monoisotopic (exact) mass is 243 g/mol. The Balaban J connectivity index is 2.72. The molecule has 1 aromatic heterocycles. The van der Waals surface area contributed by atoms with Gasteiger partial charge in [0.2, 0.25) is 0 Å². The highest BCUT2D eigenvalue weighted by atomic mass is 32.1. The molecule has 0 spiro atoms. The molecule has 0 aliphatic heterocycles. The maximum Gasteiger partial charge on any atom is 0.407 e. The predicted octanol–water partition coefficient (Wildman–Crippen LogP) is 2.17. The van der Waals surface area contributed by atoms with Crippen molar-refractivity contribution in [2.45, 2.75) is 26.8 Å². The first-order chi connectivity index (χ1) is 7.54. The van der Waals surface area contributed by atoms with Crippen LogP contribution >= 0.6 is 11.3 Å². The van der Waals surface area contributed by atoms with E-state index in [1.54, 1.807) is 6.92 Å². The zero-order valence-corrected chi connectivity index (χ0v) is 10.5. The second kappa shape index (κ2) is 5.69. The molecule has 0 aliphatic rings. The number of nitrogens with zero attached hydrogens (tertiary/aromatic N) is 1. The van der Waals surface area contributed by atoms with Crippen LogP contribution in [0.25, 0.3) is 0 Å². The zero-order chi connectivity index (χ0) is 12.1. The number of rotatable bonds is 4. The Morgan fingerprint density at radius 3 is 2.81 bits per heavy atom. The first kappa shape index (κ1) is 12.8. The van der Waals surface area contributed by atoms with E-state index in [-0.39, 0.29) is 12.0 Å². The van der Waals surface area contributed by atoms with Gasteiger partial charge in [-0.2, -0.15) is 0 Å². The normalized spacial score (nSPS) is 12.5. The smallest absolute Gasteiger partial charge is 0.407 e. The van der Waals surface area contributed by atoms with Gasteiger partial charge in [0.1, 0.15) is 0 Å². The third-order valence-corrected chi connectivity index (χ3v) is 2.77. The molecule has 0 aliphatic carbocycles. The van der Waals surface area contributed by atoms with Crippen LogP contribution in [-0.4, -0.2) is 17.7 Å². The number of nitrogen functional groups attached to an aromatic ring is 1. The minimum atomic E-state index is -0.423. The Bertz CT molecular complexity index is 352. The molecule has 0 aromatic carbocycles. The van der Waals surface area contributed by atoms with Crippen LogP contribution in [-0.2, 0) is 4.74 Å². The summed E-state index contributed by atoms with van der Waals surface area (Å²) in [6, 6.07) is -0.160. The molecule has 0 saturated heterocycles. The van der Waals surface area contributed by atoms with Crippen molar-refractivity contribution in [1.29, 1.82) is 0 Å². The van der Waals surface area contributed by atoms with E-state index in [9.17, 15) is 4.79 Å². The molecular weight excluding hydrogens is 226 g/mol. The van der Waals surface area contributed by atoms with Crippen molar-refractivity contribution in [3.8, 4) is 0 Å². The van der Waals surface area contributed by atoms with Crippen LogP contribution in [0.5, 0.6) is 0 Å². The van der Waals surface area contributed by atoms with E-state index in [1.807, 2.05) is 19.2 Å². The highest BCUT2D eigenvalue weighted by molar-refractivity contribution is 7.13. The molecule has 0 unspecified atom stereocenters. The average Bonchev–Trinajstić information content (AvgIpc) is 2.61. The molecule has 1 rings (SSSR count). The van der Waals surface area contributed by atoms with Crippen molar-refractivity contribution in [1.82, 2.24) is 10.3 Å². The summed E-state index contributed by atoms with van der Waals surface area (Å²) in [5.74, 6) is 0.228. The molecule has 90 valence electrons. The molecule has 1 amide bonds. The summed E-state index contributed by atoms with van der Waals surface area (Å²) in [4.78, 5) is 15.5. The molecule has 6 heteroatoms. The summed E-state index contributed by atoms with van der Waals surface area (Å²) in [6.45, 7) is 6.14. The lowest BCUT2D eigenvalue weighted by Gasteiger charge is -2.19. The molecule has 1 atom stereocenters. The summed E-state index contributed by atoms with van der Waals surface area (Å²) < 4.78 is 4.85. The lowest BCUT2D eigenvalue weighted by atomic mass is 10.0. The lowest BCUT2D eigenvalue weighted by molar-refractivity contribution is 0.144. The fraction of sp³-hybridized carbons (Fsp3) is 0.600. The maximum absolute atomic E-state index is 11.3. The molecule has 0 bridgehead atoms. The Morgan fingerprint density at radius 1 is 1.69 bits per heavy atom. The van der Waals surface area contributed by atoms with Crippen LogP contribution in [0.3, 0.4) is 0 Å². The van der Waals surface area contributed by atoms with E-state index in [2.05, 4.69) is 10.3 Å². The van der Waals surface area contributed by atoms with E-state index < -0.39 is 6.09 Å². The third kappa shape index (κ3) is 3.37. The number of nitrogens with two attached hydrogens (primary N) is 1. The lowest BCUT2D eigenvalue weighted by Crippen LogP contribution is -2.32. The fourth-order valence-electron chi connectivity index (χ4n) is 1.33. The number of ether oxygens (including phenoxy) is 1. The molecule has 0 fully saturated rings. The van der Waals surface area contributed by atoms with Crippen LogP contribution in [0.4, 0.5) is 9.93 Å². The number of hydrogen-bond acceptors (Lipinski definition) is 5. The molecular formula is C10H17N3O2S. The van der Waals surface area contributed by atoms with Gasteiger partial charge in [-0.25, -0.2) is 9.78 Å². The summed E-state index contributed by atoms with van der Waals surface area (Å²) >= 11 is 1.37. The average molecular weight is 243 g/mol. The van der Waals surface area contributed by atoms with Crippen molar-refractivity contribution >= 4 is 22.6 Å². The summed E-state index contributed by atoms with van der Waals surface area (Å²) in [5.41, 5.74) is 6.35. The molecule has 1 aromatic rings. The van der Waals surface area contributed by atoms with E-state index in [0.717, 1.165) is 5.69 Å². The van der Waals surface area contributed by atoms with Gasteiger partial charge in [-0.15, -0.1) is 11.3 Å². The SMILES string of the molecule is CCOC(=O)N[C@H](c1csc(N)n1)C(C)C. The third-order valence-electron chi connectivity index (χ3n) is 2.07. The van der Waals surface area contributed by atoms with Gasteiger partial charge in [0, 0.05) is 5.38 Å². The number of hydrogen-bond donors (Lipinski definition) is 2. The summed E-state index contributed by atoms with van der Waals surface area (Å²) in [7, 11) is 0. The topological polar surface area (TPSA) is 77.2 Å². The number of anilines is 1. The van der Waals surface area contributed by atoms with Gasteiger partial charge in [-0.05, 0) is 12.8 Å². The minimum Gasteiger partial charge on any atom is -0.450 e. The molecule has 1 heterocycles. The summed E-state index contributed by atoms with van der Waals surface area (Å²) in [5, 5.41) is 5.13. The Kier molecular flexibility index (Phi) is 4.54. The van der Waals surface area contributed by atoms with Crippen LogP contribution in [0.15, 0.2) is 5.38 Å². The first-order valence-corrected chi connectivity index (χ1v) is 6.06. The number of amides is 1. The van der Waals surface area contributed by atoms with Gasteiger partial charge < -0.3 is 15.8 Å². The number of alkyl carbamates (subject to hydrolysis) is 1. The quantitative estimate of drug-likeness (QED) is 0.849. The highest BCUT2D eigenvalue weighted by Crippen LogP contribution is 2.24. The highest BCUT2D eigenvalue weighted by Gasteiger charge is 2.21. The fourth-order valence-corrected chi connectivity index (χ4v) is 1.92. The maximum atomic E-state index is 11.3. The minimum absolute atomic E-state index is 0.160. The number of thiazole rings is 1. The van der Waals surface area contributed by atoms with Crippen LogP contribution in [0.2, 0.25) is 0 Å². The van der Waals surface area contributed by atoms with Gasteiger partial charge in [0.05, 0.1) is 18.3 Å². The predicted molar refractivity (Wildman–Crippen MR) is 64.3 cm³/mol. The second-order valence-corrected chi connectivity index (χ2v) is 4.59. The Hall–Kier alpha value is -1.30. The van der Waals surface area contributed by atoms with Crippen molar-refractivity contribution < 1.29 is 9.53 Å². The standard InChI is InChI=1S/C10H17N3O2S/c1-4-15-10(14)13-8(6(2)3)7-5-16-9(11)12-7/h5-6,8H,4H2,1-3H3,(H2,11,12)(H,13,14)/t8-/m0/s1. The number of aromatic nitrogens is 1. The largest absolute Gasteiger partial charge is 0.450 e. The van der Waals surface area contributed by atoms with E-state index in [1.165, 1.54) is 11.3 Å². The molecule has 0 saturated carbocycles. The molecule has 16 heavy (non-hydrogen) atoms. The number of carbonyl (C=O) groups excluding carboxylic acids is 1. The summed E-state index contributed by atoms with van der Waals surface area (Å²) in [6.07, 6.45) is -0.423. The van der Waals surface area contributed by atoms with Crippen molar-refractivity contribution in [3.05, 3.63) is 11.1 Å². The van der Waals surface area contributed by atoms with Crippen LogP contribution in [0, 0.1) is 5.92 Å². The van der Waals surface area contributed by atoms with E-state index in [4.69, 9.17) is 10.5 Å². The first-order valence-electron chi connectivity index (χ1n) is 5.18. The molecule has 3 N–H and O–H groups in total. The van der Waals surface area contributed by atoms with E-state index in [0.29, 0.717) is 11.7 Å².